The van der Waals surface area contributed by atoms with Gasteiger partial charge in [0.25, 0.3) is 5.91 Å². The zero-order valence-corrected chi connectivity index (χ0v) is 17.7. The van der Waals surface area contributed by atoms with E-state index in [-0.39, 0.29) is 37.1 Å². The zero-order valence-electron chi connectivity index (χ0n) is 17.7. The largest absolute Gasteiger partial charge is 0.480 e. The highest BCUT2D eigenvalue weighted by Crippen LogP contribution is 2.26. The van der Waals surface area contributed by atoms with Crippen molar-refractivity contribution in [3.63, 3.8) is 0 Å². The summed E-state index contributed by atoms with van der Waals surface area (Å²) in [5.41, 5.74) is 2.16. The smallest absolute Gasteiger partial charge is 0.329 e. The fraction of sp³-hybridized carbons (Fsp3) is 0.524. The molecular formula is C21H27N3O7. The summed E-state index contributed by atoms with van der Waals surface area (Å²) in [4.78, 5) is 48.7. The molecule has 0 spiro atoms. The Kier molecular flexibility index (Phi) is 7.24. The summed E-state index contributed by atoms with van der Waals surface area (Å²) in [6.07, 6.45) is 2.05. The van der Waals surface area contributed by atoms with Gasteiger partial charge in [0.2, 0.25) is 5.91 Å². The van der Waals surface area contributed by atoms with Gasteiger partial charge in [0.05, 0.1) is 24.2 Å². The molecule has 0 radical (unpaired) electrons. The molecule has 1 saturated heterocycles. The van der Waals surface area contributed by atoms with Gasteiger partial charge >= 0.3 is 11.7 Å². The molecule has 1 aromatic carbocycles. The molecule has 10 heteroatoms. The first-order valence-electron chi connectivity index (χ1n) is 10.2. The minimum atomic E-state index is -1.01. The predicted octanol–water partition coefficient (Wildman–Crippen LogP) is 0.710. The number of aryl methyl sites for hydroxylation is 2. The first-order valence-corrected chi connectivity index (χ1v) is 10.2. The second-order valence-corrected chi connectivity index (χ2v) is 7.54. The van der Waals surface area contributed by atoms with E-state index in [9.17, 15) is 19.2 Å². The van der Waals surface area contributed by atoms with E-state index >= 15 is 0 Å². The van der Waals surface area contributed by atoms with Gasteiger partial charge in [-0.3, -0.25) is 23.6 Å². The molecule has 2 heterocycles. The second kappa shape index (κ2) is 9.88. The minimum Gasteiger partial charge on any atom is -0.480 e. The number of imidazole rings is 1. The number of piperidine rings is 1. The van der Waals surface area contributed by atoms with Crippen LogP contribution < -0.4 is 5.69 Å². The quantitative estimate of drug-likeness (QED) is 0.433. The number of amides is 2. The lowest BCUT2D eigenvalue weighted by molar-refractivity contribution is -0.149. The molecule has 1 aromatic heterocycles. The van der Waals surface area contributed by atoms with Crippen LogP contribution in [-0.4, -0.2) is 70.4 Å². The number of benzene rings is 1. The summed E-state index contributed by atoms with van der Waals surface area (Å²) in [6.45, 7) is 0.733. The van der Waals surface area contributed by atoms with Crippen LogP contribution in [0.3, 0.4) is 0 Å². The van der Waals surface area contributed by atoms with Crippen molar-refractivity contribution in [1.82, 2.24) is 14.0 Å². The van der Waals surface area contributed by atoms with Crippen LogP contribution in [0.25, 0.3) is 11.0 Å². The zero-order chi connectivity index (χ0) is 22.5. The topological polar surface area (TPSA) is 120 Å². The molecule has 0 saturated carbocycles. The average Bonchev–Trinajstić information content (AvgIpc) is 2.98. The average molecular weight is 433 g/mol. The van der Waals surface area contributed by atoms with Crippen molar-refractivity contribution >= 4 is 28.8 Å². The van der Waals surface area contributed by atoms with Gasteiger partial charge in [0.15, 0.2) is 0 Å². The molecule has 168 valence electrons. The lowest BCUT2D eigenvalue weighted by Gasteiger charge is -2.28. The predicted molar refractivity (Wildman–Crippen MR) is 111 cm³/mol. The fourth-order valence-corrected chi connectivity index (χ4v) is 3.76. The Morgan fingerprint density at radius 1 is 1.10 bits per heavy atom. The van der Waals surface area contributed by atoms with Gasteiger partial charge < -0.3 is 14.6 Å². The van der Waals surface area contributed by atoms with Crippen molar-refractivity contribution < 1.29 is 29.0 Å². The first-order chi connectivity index (χ1) is 14.8. The van der Waals surface area contributed by atoms with Gasteiger partial charge in [-0.25, -0.2) is 9.59 Å². The van der Waals surface area contributed by atoms with E-state index in [1.54, 1.807) is 7.05 Å². The molecule has 31 heavy (non-hydrogen) atoms. The molecule has 1 unspecified atom stereocenters. The van der Waals surface area contributed by atoms with Crippen molar-refractivity contribution in [3.8, 4) is 0 Å². The summed E-state index contributed by atoms with van der Waals surface area (Å²) < 4.78 is 13.4. The van der Waals surface area contributed by atoms with Crippen molar-refractivity contribution in [1.29, 1.82) is 0 Å². The van der Waals surface area contributed by atoms with Crippen LogP contribution in [0.15, 0.2) is 23.0 Å². The molecule has 1 fully saturated rings. The number of carboxylic acids is 1. The molecule has 2 amide bonds. The van der Waals surface area contributed by atoms with Crippen LogP contribution in [-0.2, 0) is 37.3 Å². The number of likely N-dealkylation sites (N-methyl/N-ethyl adjacent to an activating group) is 1. The first kappa shape index (κ1) is 22.7. The fourth-order valence-electron chi connectivity index (χ4n) is 3.76. The van der Waals surface area contributed by atoms with Crippen LogP contribution in [0.2, 0.25) is 0 Å². The van der Waals surface area contributed by atoms with Gasteiger partial charge in [-0.2, -0.15) is 0 Å². The molecule has 0 bridgehead atoms. The van der Waals surface area contributed by atoms with E-state index in [4.69, 9.17) is 14.6 Å². The molecule has 1 aliphatic heterocycles. The Labute approximate surface area is 178 Å². The van der Waals surface area contributed by atoms with E-state index in [0.717, 1.165) is 28.8 Å². The van der Waals surface area contributed by atoms with Crippen molar-refractivity contribution in [2.24, 2.45) is 7.05 Å². The summed E-state index contributed by atoms with van der Waals surface area (Å²) in [7, 11) is 3.12. The van der Waals surface area contributed by atoms with Crippen LogP contribution in [0.5, 0.6) is 0 Å². The van der Waals surface area contributed by atoms with Gasteiger partial charge in [-0.15, -0.1) is 0 Å². The number of carbonyl (C=O) groups is 3. The highest BCUT2D eigenvalue weighted by atomic mass is 16.5. The number of likely N-dealkylation sites (tertiary alicyclic amines) is 1. The molecule has 0 aliphatic carbocycles. The van der Waals surface area contributed by atoms with Crippen LogP contribution >= 0.6 is 0 Å². The Balaban J connectivity index is 1.64. The molecule has 1 N–H and O–H groups in total. The lowest BCUT2D eigenvalue weighted by Crippen LogP contribution is -2.45. The van der Waals surface area contributed by atoms with Gasteiger partial charge in [0.1, 0.15) is 12.6 Å². The van der Waals surface area contributed by atoms with Gasteiger partial charge in [-0.1, -0.05) is 6.07 Å². The summed E-state index contributed by atoms with van der Waals surface area (Å²) in [5.74, 6) is -1.60. The standard InChI is InChI=1S/C21H27N3O7/c1-22-17-12-14(4-3-9-30-10-11-31-13-19(26)27)5-6-15(17)24(21(22)29)16-7-8-18(25)23(2)20(16)28/h5-6,12,16H,3-4,7-11,13H2,1-2H3,(H,26,27). The van der Waals surface area contributed by atoms with Crippen LogP contribution in [0.4, 0.5) is 0 Å². The number of aromatic nitrogens is 2. The number of carbonyl (C=O) groups excluding carboxylic acids is 2. The van der Waals surface area contributed by atoms with Crippen LogP contribution in [0.1, 0.15) is 30.9 Å². The number of nitrogens with zero attached hydrogens (tertiary/aromatic N) is 3. The molecule has 1 aliphatic rings. The van der Waals surface area contributed by atoms with Crippen LogP contribution in [0, 0.1) is 0 Å². The number of fused-ring (bicyclic) bond motifs is 1. The number of hydrogen-bond donors (Lipinski definition) is 1. The van der Waals surface area contributed by atoms with Gasteiger partial charge in [-0.05, 0) is 37.0 Å². The Morgan fingerprint density at radius 2 is 1.84 bits per heavy atom. The number of aliphatic carboxylic acids is 1. The number of rotatable bonds is 10. The maximum atomic E-state index is 12.9. The molecule has 3 rings (SSSR count). The minimum absolute atomic E-state index is 0.229. The third-order valence-corrected chi connectivity index (χ3v) is 5.44. The maximum Gasteiger partial charge on any atom is 0.329 e. The third kappa shape index (κ3) is 5.02. The second-order valence-electron chi connectivity index (χ2n) is 7.54. The normalized spacial score (nSPS) is 17.0. The maximum absolute atomic E-state index is 12.9. The number of carboxylic acid groups (broad SMARTS) is 1. The molecule has 10 nitrogen and oxygen atoms in total. The Bertz CT molecular complexity index is 1040. The van der Waals surface area contributed by atoms with Crippen molar-refractivity contribution in [3.05, 3.63) is 34.2 Å². The Hall–Kier alpha value is -2.98. The highest BCUT2D eigenvalue weighted by molar-refractivity contribution is 5.99. The highest BCUT2D eigenvalue weighted by Gasteiger charge is 2.35. The lowest BCUT2D eigenvalue weighted by atomic mass is 10.0. The van der Waals surface area contributed by atoms with Crippen molar-refractivity contribution in [2.75, 3.05) is 33.5 Å². The third-order valence-electron chi connectivity index (χ3n) is 5.44. The van der Waals surface area contributed by atoms with E-state index < -0.39 is 12.0 Å². The van der Waals surface area contributed by atoms with Gasteiger partial charge in [0, 0.05) is 27.1 Å². The summed E-state index contributed by atoms with van der Waals surface area (Å²) in [6, 6.07) is 5.03. The van der Waals surface area contributed by atoms with Crippen molar-refractivity contribution in [2.45, 2.75) is 31.7 Å². The van der Waals surface area contributed by atoms with E-state index in [1.807, 2.05) is 18.2 Å². The summed E-state index contributed by atoms with van der Waals surface area (Å²) in [5, 5.41) is 8.48. The Morgan fingerprint density at radius 3 is 2.58 bits per heavy atom. The van der Waals surface area contributed by atoms with E-state index in [0.29, 0.717) is 25.2 Å². The number of hydrogen-bond acceptors (Lipinski definition) is 6. The number of imide groups is 1. The SMILES string of the molecule is CN1C(=O)CCC(n2c(=O)n(C)c3cc(CCCOCCOCC(=O)O)ccc32)C1=O. The van der Waals surface area contributed by atoms with E-state index in [2.05, 4.69) is 0 Å². The molecular weight excluding hydrogens is 406 g/mol. The number of ether oxygens (including phenoxy) is 2. The molecule has 2 aromatic rings. The monoisotopic (exact) mass is 433 g/mol. The van der Waals surface area contributed by atoms with E-state index in [1.165, 1.54) is 16.2 Å². The summed E-state index contributed by atoms with van der Waals surface area (Å²) >= 11 is 0. The molecule has 1 atom stereocenters.